The van der Waals surface area contributed by atoms with Gasteiger partial charge in [-0.3, -0.25) is 0 Å². The van der Waals surface area contributed by atoms with Crippen molar-refractivity contribution in [1.82, 2.24) is 10.3 Å². The summed E-state index contributed by atoms with van der Waals surface area (Å²) >= 11 is 7.19. The van der Waals surface area contributed by atoms with Crippen LogP contribution in [0.5, 0.6) is 5.19 Å². The van der Waals surface area contributed by atoms with Crippen LogP contribution in [0.2, 0.25) is 5.15 Å². The minimum atomic E-state index is 0.0346. The van der Waals surface area contributed by atoms with Crippen LogP contribution in [0.4, 0.5) is 0 Å². The summed E-state index contributed by atoms with van der Waals surface area (Å²) in [5.41, 5.74) is 1.32. The normalized spacial score (nSPS) is 11.6. The van der Waals surface area contributed by atoms with Crippen LogP contribution in [0.15, 0.2) is 35.7 Å². The summed E-state index contributed by atoms with van der Waals surface area (Å²) in [5, 5.41) is 6.36. The van der Waals surface area contributed by atoms with Crippen LogP contribution in [0.1, 0.15) is 19.4 Å². The summed E-state index contributed by atoms with van der Waals surface area (Å²) in [5.74, 6) is 0. The van der Waals surface area contributed by atoms with E-state index < -0.39 is 0 Å². The lowest BCUT2D eigenvalue weighted by Crippen LogP contribution is -2.34. The van der Waals surface area contributed by atoms with Gasteiger partial charge in [0.15, 0.2) is 0 Å². The Labute approximate surface area is 129 Å². The number of rotatable bonds is 7. The minimum Gasteiger partial charge on any atom is -0.469 e. The summed E-state index contributed by atoms with van der Waals surface area (Å²) in [4.78, 5) is 4.08. The minimum absolute atomic E-state index is 0.0346. The molecule has 1 aromatic heterocycles. The topological polar surface area (TPSA) is 34.1 Å². The molecule has 0 unspecified atom stereocenters. The fourth-order valence-electron chi connectivity index (χ4n) is 1.75. The van der Waals surface area contributed by atoms with Crippen LogP contribution >= 0.6 is 22.9 Å². The Morgan fingerprint density at radius 3 is 2.70 bits per heavy atom. The van der Waals surface area contributed by atoms with Crippen LogP contribution in [0, 0.1) is 5.41 Å². The first-order valence-electron chi connectivity index (χ1n) is 6.54. The lowest BCUT2D eigenvalue weighted by Gasteiger charge is -2.24. The fourth-order valence-corrected chi connectivity index (χ4v) is 2.54. The zero-order valence-electron chi connectivity index (χ0n) is 11.7. The second kappa shape index (κ2) is 7.07. The van der Waals surface area contributed by atoms with Gasteiger partial charge in [-0.25, -0.2) is 0 Å². The highest BCUT2D eigenvalue weighted by Crippen LogP contribution is 2.24. The van der Waals surface area contributed by atoms with Gasteiger partial charge in [0, 0.05) is 23.9 Å². The van der Waals surface area contributed by atoms with E-state index in [-0.39, 0.29) is 5.41 Å². The van der Waals surface area contributed by atoms with Crippen molar-refractivity contribution >= 4 is 22.9 Å². The van der Waals surface area contributed by atoms with Crippen molar-refractivity contribution in [3.8, 4) is 5.19 Å². The fraction of sp³-hybridized carbons (Fsp3) is 0.400. The number of nitrogens with one attached hydrogen (secondary N) is 1. The molecule has 0 atom stereocenters. The van der Waals surface area contributed by atoms with Crippen LogP contribution < -0.4 is 10.1 Å². The molecular weight excluding hydrogens is 292 g/mol. The third-order valence-corrected chi connectivity index (χ3v) is 3.89. The molecule has 0 amide bonds. The zero-order valence-corrected chi connectivity index (χ0v) is 13.3. The van der Waals surface area contributed by atoms with Crippen molar-refractivity contribution in [3.05, 3.63) is 46.4 Å². The monoisotopic (exact) mass is 310 g/mol. The highest BCUT2D eigenvalue weighted by atomic mass is 35.5. The van der Waals surface area contributed by atoms with E-state index in [9.17, 15) is 0 Å². The average Bonchev–Trinajstić information content (AvgIpc) is 2.84. The van der Waals surface area contributed by atoms with Crippen LogP contribution in [-0.2, 0) is 6.54 Å². The standard InChI is InChI=1S/C15H19ClN2OS/c1-15(2,11-19-14-18-13(16)9-20-14)10-17-8-12-6-4-3-5-7-12/h3-7,9,17H,8,10-11H2,1-2H3. The molecule has 0 bridgehead atoms. The van der Waals surface area contributed by atoms with E-state index in [4.69, 9.17) is 16.3 Å². The van der Waals surface area contributed by atoms with Crippen molar-refractivity contribution < 1.29 is 4.74 Å². The zero-order chi connectivity index (χ0) is 14.4. The van der Waals surface area contributed by atoms with Gasteiger partial charge < -0.3 is 10.1 Å². The van der Waals surface area contributed by atoms with E-state index in [1.165, 1.54) is 16.9 Å². The molecule has 20 heavy (non-hydrogen) atoms. The maximum Gasteiger partial charge on any atom is 0.274 e. The highest BCUT2D eigenvalue weighted by molar-refractivity contribution is 7.11. The molecule has 0 aliphatic heterocycles. The van der Waals surface area contributed by atoms with Gasteiger partial charge in [0.05, 0.1) is 6.61 Å². The van der Waals surface area contributed by atoms with E-state index in [0.29, 0.717) is 17.0 Å². The Balaban J connectivity index is 1.73. The molecule has 2 aromatic rings. The molecule has 3 nitrogen and oxygen atoms in total. The largest absolute Gasteiger partial charge is 0.469 e. The van der Waals surface area contributed by atoms with Gasteiger partial charge in [-0.15, -0.1) is 0 Å². The number of ether oxygens (including phenoxy) is 1. The predicted molar refractivity (Wildman–Crippen MR) is 84.5 cm³/mol. The summed E-state index contributed by atoms with van der Waals surface area (Å²) in [6, 6.07) is 10.4. The van der Waals surface area contributed by atoms with Crippen LogP contribution in [-0.4, -0.2) is 18.1 Å². The van der Waals surface area contributed by atoms with E-state index in [0.717, 1.165) is 13.1 Å². The van der Waals surface area contributed by atoms with Gasteiger partial charge in [0.1, 0.15) is 5.15 Å². The highest BCUT2D eigenvalue weighted by Gasteiger charge is 2.19. The lowest BCUT2D eigenvalue weighted by atomic mass is 9.95. The van der Waals surface area contributed by atoms with Crippen molar-refractivity contribution in [2.24, 2.45) is 5.41 Å². The summed E-state index contributed by atoms with van der Waals surface area (Å²) in [6.45, 7) is 6.69. The van der Waals surface area contributed by atoms with Crippen molar-refractivity contribution in [2.45, 2.75) is 20.4 Å². The number of halogens is 1. The van der Waals surface area contributed by atoms with Gasteiger partial charge in [-0.05, 0) is 5.56 Å². The molecule has 0 saturated heterocycles. The third kappa shape index (κ3) is 5.12. The predicted octanol–water partition coefficient (Wildman–Crippen LogP) is 3.99. The Bertz CT molecular complexity index is 528. The molecule has 0 radical (unpaired) electrons. The van der Waals surface area contributed by atoms with Gasteiger partial charge >= 0.3 is 0 Å². The van der Waals surface area contributed by atoms with Gasteiger partial charge in [0.2, 0.25) is 0 Å². The number of thiazole rings is 1. The number of hydrogen-bond donors (Lipinski definition) is 1. The molecule has 2 rings (SSSR count). The SMILES string of the molecule is CC(C)(CNCc1ccccc1)COc1nc(Cl)cs1. The Morgan fingerprint density at radius 2 is 2.05 bits per heavy atom. The molecule has 1 heterocycles. The van der Waals surface area contributed by atoms with Crippen molar-refractivity contribution in [1.29, 1.82) is 0 Å². The van der Waals surface area contributed by atoms with Crippen molar-refractivity contribution in [2.75, 3.05) is 13.2 Å². The van der Waals surface area contributed by atoms with Crippen LogP contribution in [0.25, 0.3) is 0 Å². The number of hydrogen-bond acceptors (Lipinski definition) is 4. The second-order valence-corrected chi connectivity index (χ2v) is 6.69. The quantitative estimate of drug-likeness (QED) is 0.839. The maximum atomic E-state index is 5.77. The van der Waals surface area contributed by atoms with E-state index in [2.05, 4.69) is 48.4 Å². The number of benzene rings is 1. The van der Waals surface area contributed by atoms with E-state index >= 15 is 0 Å². The maximum absolute atomic E-state index is 5.77. The molecular formula is C15H19ClN2OS. The Kier molecular flexibility index (Phi) is 5.40. The molecule has 5 heteroatoms. The molecule has 0 aliphatic rings. The second-order valence-electron chi connectivity index (χ2n) is 5.48. The summed E-state index contributed by atoms with van der Waals surface area (Å²) in [7, 11) is 0. The van der Waals surface area contributed by atoms with E-state index in [1.54, 1.807) is 5.38 Å². The Morgan fingerprint density at radius 1 is 1.30 bits per heavy atom. The first kappa shape index (κ1) is 15.3. The van der Waals surface area contributed by atoms with Crippen LogP contribution in [0.3, 0.4) is 0 Å². The number of nitrogens with zero attached hydrogens (tertiary/aromatic N) is 1. The van der Waals surface area contributed by atoms with E-state index in [1.807, 2.05) is 6.07 Å². The molecule has 0 spiro atoms. The molecule has 108 valence electrons. The molecule has 0 saturated carbocycles. The first-order valence-corrected chi connectivity index (χ1v) is 7.79. The van der Waals surface area contributed by atoms with Gasteiger partial charge in [-0.1, -0.05) is 67.1 Å². The summed E-state index contributed by atoms with van der Waals surface area (Å²) in [6.07, 6.45) is 0. The third-order valence-electron chi connectivity index (χ3n) is 2.82. The molecule has 0 fully saturated rings. The lowest BCUT2D eigenvalue weighted by molar-refractivity contribution is 0.175. The van der Waals surface area contributed by atoms with Gasteiger partial charge in [-0.2, -0.15) is 4.98 Å². The Hall–Kier alpha value is -1.10. The molecule has 0 aliphatic carbocycles. The first-order chi connectivity index (χ1) is 9.55. The van der Waals surface area contributed by atoms with Crippen molar-refractivity contribution in [3.63, 3.8) is 0 Å². The van der Waals surface area contributed by atoms with Gasteiger partial charge in [0.25, 0.3) is 5.19 Å². The molecule has 1 aromatic carbocycles. The average molecular weight is 311 g/mol. The summed E-state index contributed by atoms with van der Waals surface area (Å²) < 4.78 is 5.68. The number of aromatic nitrogens is 1. The smallest absolute Gasteiger partial charge is 0.274 e. The molecule has 1 N–H and O–H groups in total.